The quantitative estimate of drug-likeness (QED) is 0.540. The van der Waals surface area contributed by atoms with Crippen LogP contribution < -0.4 is 15.6 Å². The molecule has 0 aliphatic heterocycles. The van der Waals surface area contributed by atoms with Crippen molar-refractivity contribution in [3.05, 3.63) is 107 Å². The Balaban J connectivity index is 1.64. The summed E-state index contributed by atoms with van der Waals surface area (Å²) in [4.78, 5) is 29.5. The van der Waals surface area contributed by atoms with Gasteiger partial charge in [-0.05, 0) is 35.4 Å². The van der Waals surface area contributed by atoms with Gasteiger partial charge in [-0.2, -0.15) is 0 Å². The number of benzene rings is 3. The lowest BCUT2D eigenvalue weighted by molar-refractivity contribution is -0.122. The van der Waals surface area contributed by atoms with Gasteiger partial charge >= 0.3 is 0 Å². The first-order valence-corrected chi connectivity index (χ1v) is 9.58. The first-order chi connectivity index (χ1) is 14.7. The van der Waals surface area contributed by atoms with Gasteiger partial charge in [0.25, 0.3) is 5.56 Å². The lowest BCUT2D eigenvalue weighted by Crippen LogP contribution is -2.35. The Kier molecular flexibility index (Phi) is 5.57. The molecule has 1 aromatic heterocycles. The number of hydrogen-bond donors (Lipinski definition) is 1. The fraction of sp³-hybridized carbons (Fsp3) is 0.125. The summed E-state index contributed by atoms with van der Waals surface area (Å²) in [6.07, 6.45) is 1.24. The van der Waals surface area contributed by atoms with Crippen LogP contribution in [0.1, 0.15) is 17.2 Å². The number of ether oxygens (including phenoxy) is 1. The van der Waals surface area contributed by atoms with E-state index in [1.807, 2.05) is 72.8 Å². The molecule has 1 amide bonds. The van der Waals surface area contributed by atoms with E-state index in [9.17, 15) is 9.59 Å². The Bertz CT molecular complexity index is 1220. The number of aromatic nitrogens is 2. The molecule has 0 spiro atoms. The lowest BCUT2D eigenvalue weighted by atomic mass is 9.98. The number of amides is 1. The third kappa shape index (κ3) is 4.07. The lowest BCUT2D eigenvalue weighted by Gasteiger charge is -2.21. The van der Waals surface area contributed by atoms with E-state index in [-0.39, 0.29) is 24.1 Å². The molecule has 1 atom stereocenters. The van der Waals surface area contributed by atoms with E-state index in [1.165, 1.54) is 10.8 Å². The van der Waals surface area contributed by atoms with Crippen LogP contribution >= 0.6 is 0 Å². The summed E-state index contributed by atoms with van der Waals surface area (Å²) < 4.78 is 6.68. The first kappa shape index (κ1) is 19.4. The van der Waals surface area contributed by atoms with Crippen molar-refractivity contribution in [1.29, 1.82) is 0 Å². The molecule has 0 radical (unpaired) electrons. The summed E-state index contributed by atoms with van der Waals surface area (Å²) in [6, 6.07) is 24.2. The van der Waals surface area contributed by atoms with Crippen molar-refractivity contribution in [2.24, 2.45) is 0 Å². The molecule has 0 bridgehead atoms. The number of hydrogen-bond acceptors (Lipinski definition) is 4. The molecule has 0 unspecified atom stereocenters. The van der Waals surface area contributed by atoms with Gasteiger partial charge in [0.15, 0.2) is 0 Å². The minimum absolute atomic E-state index is 0.0959. The minimum atomic E-state index is -0.353. The van der Waals surface area contributed by atoms with Crippen LogP contribution in [0, 0.1) is 0 Å². The molecule has 0 saturated heterocycles. The molecule has 0 fully saturated rings. The third-order valence-corrected chi connectivity index (χ3v) is 4.94. The highest BCUT2D eigenvalue weighted by Gasteiger charge is 2.18. The van der Waals surface area contributed by atoms with Crippen molar-refractivity contribution < 1.29 is 9.53 Å². The zero-order chi connectivity index (χ0) is 20.9. The van der Waals surface area contributed by atoms with E-state index in [0.717, 1.165) is 16.9 Å². The highest BCUT2D eigenvalue weighted by atomic mass is 16.5. The number of carbonyl (C=O) groups excluding carboxylic acids is 1. The standard InChI is InChI=1S/C24H21N3O3/c1-30-19-13-11-18(12-14-19)24(17-7-3-2-4-8-17)26-22(28)16-27-21-10-6-5-9-20(21)25-15-23(27)29/h2-15,24H,16H2,1H3,(H,26,28)/t24-/m0/s1. The van der Waals surface area contributed by atoms with Gasteiger partial charge in [0.05, 0.1) is 30.4 Å². The van der Waals surface area contributed by atoms with Crippen LogP contribution in [0.3, 0.4) is 0 Å². The van der Waals surface area contributed by atoms with Gasteiger partial charge in [-0.1, -0.05) is 54.6 Å². The SMILES string of the molecule is COc1ccc([C@@H](NC(=O)Cn2c(=O)cnc3ccccc32)c2ccccc2)cc1. The number of methoxy groups -OCH3 is 1. The second-order valence-corrected chi connectivity index (χ2v) is 6.86. The fourth-order valence-electron chi connectivity index (χ4n) is 3.43. The normalized spacial score (nSPS) is 11.8. The number of carbonyl (C=O) groups is 1. The molecular weight excluding hydrogens is 378 g/mol. The topological polar surface area (TPSA) is 73.2 Å². The largest absolute Gasteiger partial charge is 0.497 e. The zero-order valence-electron chi connectivity index (χ0n) is 16.5. The number of fused-ring (bicyclic) bond motifs is 1. The smallest absolute Gasteiger partial charge is 0.269 e. The van der Waals surface area contributed by atoms with Crippen LogP contribution in [0.2, 0.25) is 0 Å². The van der Waals surface area contributed by atoms with Gasteiger partial charge in [-0.15, -0.1) is 0 Å². The molecule has 1 heterocycles. The Morgan fingerprint density at radius 3 is 2.37 bits per heavy atom. The summed E-state index contributed by atoms with van der Waals surface area (Å²) in [5, 5.41) is 3.07. The second-order valence-electron chi connectivity index (χ2n) is 6.86. The van der Waals surface area contributed by atoms with Gasteiger partial charge in [-0.3, -0.25) is 14.2 Å². The number of nitrogens with one attached hydrogen (secondary N) is 1. The first-order valence-electron chi connectivity index (χ1n) is 9.58. The van der Waals surface area contributed by atoms with Crippen LogP contribution in [0.25, 0.3) is 11.0 Å². The van der Waals surface area contributed by atoms with Gasteiger partial charge in [0.2, 0.25) is 5.91 Å². The van der Waals surface area contributed by atoms with Crippen molar-refractivity contribution in [2.75, 3.05) is 7.11 Å². The predicted molar refractivity (Wildman–Crippen MR) is 115 cm³/mol. The van der Waals surface area contributed by atoms with Crippen LogP contribution in [0.4, 0.5) is 0 Å². The van der Waals surface area contributed by atoms with Crippen molar-refractivity contribution in [1.82, 2.24) is 14.9 Å². The minimum Gasteiger partial charge on any atom is -0.497 e. The Hall–Kier alpha value is -3.93. The number of rotatable bonds is 6. The monoisotopic (exact) mass is 399 g/mol. The van der Waals surface area contributed by atoms with Crippen molar-refractivity contribution in [3.63, 3.8) is 0 Å². The average Bonchev–Trinajstić information content (AvgIpc) is 2.80. The molecule has 3 aromatic carbocycles. The van der Waals surface area contributed by atoms with Crippen molar-refractivity contribution >= 4 is 16.9 Å². The second kappa shape index (κ2) is 8.61. The molecule has 4 rings (SSSR count). The van der Waals surface area contributed by atoms with E-state index >= 15 is 0 Å². The maximum atomic E-state index is 13.0. The molecule has 150 valence electrons. The highest BCUT2D eigenvalue weighted by Crippen LogP contribution is 2.24. The molecule has 0 saturated carbocycles. The Morgan fingerprint density at radius 1 is 0.967 bits per heavy atom. The molecule has 4 aromatic rings. The van der Waals surface area contributed by atoms with Crippen LogP contribution in [-0.4, -0.2) is 22.6 Å². The van der Waals surface area contributed by atoms with Gasteiger partial charge < -0.3 is 10.1 Å². The van der Waals surface area contributed by atoms with E-state index in [4.69, 9.17) is 4.74 Å². The summed E-state index contributed by atoms with van der Waals surface area (Å²) >= 11 is 0. The number of para-hydroxylation sites is 2. The Morgan fingerprint density at radius 2 is 1.63 bits per heavy atom. The fourth-order valence-corrected chi connectivity index (χ4v) is 3.43. The van der Waals surface area contributed by atoms with Gasteiger partial charge in [0.1, 0.15) is 12.3 Å². The highest BCUT2D eigenvalue weighted by molar-refractivity contribution is 5.80. The summed E-state index contributed by atoms with van der Waals surface area (Å²) in [7, 11) is 1.61. The van der Waals surface area contributed by atoms with Gasteiger partial charge in [-0.25, -0.2) is 4.98 Å². The summed E-state index contributed by atoms with van der Waals surface area (Å²) in [6.45, 7) is -0.0959. The maximum absolute atomic E-state index is 13.0. The van der Waals surface area contributed by atoms with Crippen molar-refractivity contribution in [2.45, 2.75) is 12.6 Å². The molecule has 6 nitrogen and oxygen atoms in total. The summed E-state index contributed by atoms with van der Waals surface area (Å²) in [5.74, 6) is 0.477. The Labute approximate surface area is 173 Å². The molecule has 30 heavy (non-hydrogen) atoms. The van der Waals surface area contributed by atoms with E-state index in [2.05, 4.69) is 10.3 Å². The zero-order valence-corrected chi connectivity index (χ0v) is 16.5. The van der Waals surface area contributed by atoms with Crippen molar-refractivity contribution in [3.8, 4) is 5.75 Å². The van der Waals surface area contributed by atoms with Crippen LogP contribution in [-0.2, 0) is 11.3 Å². The molecule has 6 heteroatoms. The summed E-state index contributed by atoms with van der Waals surface area (Å²) in [5.41, 5.74) is 2.84. The maximum Gasteiger partial charge on any atom is 0.269 e. The van der Waals surface area contributed by atoms with E-state index in [1.54, 1.807) is 13.2 Å². The third-order valence-electron chi connectivity index (χ3n) is 4.94. The van der Waals surface area contributed by atoms with E-state index < -0.39 is 0 Å². The average molecular weight is 399 g/mol. The van der Waals surface area contributed by atoms with Crippen LogP contribution in [0.15, 0.2) is 89.9 Å². The molecule has 1 N–H and O–H groups in total. The van der Waals surface area contributed by atoms with Crippen LogP contribution in [0.5, 0.6) is 5.75 Å². The molecule has 0 aliphatic rings. The number of nitrogens with zero attached hydrogens (tertiary/aromatic N) is 2. The molecule has 0 aliphatic carbocycles. The van der Waals surface area contributed by atoms with Gasteiger partial charge in [0, 0.05) is 0 Å². The van der Waals surface area contributed by atoms with E-state index in [0.29, 0.717) is 11.0 Å². The predicted octanol–water partition coefficient (Wildman–Crippen LogP) is 3.31. The molecular formula is C24H21N3O3.